The molecule has 0 unspecified atom stereocenters. The number of sulfone groups is 1. The SMILES string of the molecule is CN(Cc1nnc(-c2ccc(F)cc2F)s1)c1nc(=O)c2cc(S(C)(=O)=O)cc([N+](=O)[O-])c2s1. The number of hydrogen-bond donors (Lipinski definition) is 0. The average molecular weight is 526 g/mol. The molecule has 0 aliphatic carbocycles. The van der Waals surface area contributed by atoms with E-state index >= 15 is 0 Å². The molecule has 34 heavy (non-hydrogen) atoms. The number of nitro groups is 1. The fraction of sp³-hybridized carbons (Fsp3) is 0.158. The number of fused-ring (bicyclic) bond motifs is 1. The van der Waals surface area contributed by atoms with Crippen LogP contribution in [0.5, 0.6) is 0 Å². The van der Waals surface area contributed by atoms with Gasteiger partial charge in [-0.15, -0.1) is 10.2 Å². The molecule has 15 heteroatoms. The van der Waals surface area contributed by atoms with Gasteiger partial charge in [0.1, 0.15) is 21.3 Å². The van der Waals surface area contributed by atoms with Crippen molar-refractivity contribution in [1.82, 2.24) is 15.2 Å². The first-order chi connectivity index (χ1) is 15.9. The van der Waals surface area contributed by atoms with Gasteiger partial charge in [0.25, 0.3) is 11.2 Å². The van der Waals surface area contributed by atoms with Crippen molar-refractivity contribution in [2.24, 2.45) is 0 Å². The summed E-state index contributed by atoms with van der Waals surface area (Å²) in [6.45, 7) is 0.0874. The summed E-state index contributed by atoms with van der Waals surface area (Å²) < 4.78 is 50.9. The Labute approximate surface area is 198 Å². The average Bonchev–Trinajstić information content (AvgIpc) is 3.20. The molecule has 0 aliphatic heterocycles. The number of non-ortho nitro benzene ring substituents is 1. The minimum atomic E-state index is -3.80. The van der Waals surface area contributed by atoms with E-state index < -0.39 is 37.6 Å². The Hall–Kier alpha value is -3.43. The minimum absolute atomic E-state index is 0.0226. The predicted octanol–water partition coefficient (Wildman–Crippen LogP) is 3.40. The van der Waals surface area contributed by atoms with Crippen LogP contribution in [0.15, 0.2) is 40.0 Å². The van der Waals surface area contributed by atoms with E-state index in [0.29, 0.717) is 5.01 Å². The third kappa shape index (κ3) is 4.62. The van der Waals surface area contributed by atoms with Crippen LogP contribution in [-0.4, -0.2) is 41.8 Å². The zero-order valence-corrected chi connectivity index (χ0v) is 19.8. The first kappa shape index (κ1) is 23.7. The molecular weight excluding hydrogens is 512 g/mol. The molecule has 4 rings (SSSR count). The summed E-state index contributed by atoms with van der Waals surface area (Å²) in [5.74, 6) is -1.51. The molecule has 10 nitrogen and oxygen atoms in total. The Balaban J connectivity index is 1.70. The fourth-order valence-corrected chi connectivity index (χ4v) is 5.59. The van der Waals surface area contributed by atoms with Crippen LogP contribution in [0.1, 0.15) is 5.01 Å². The lowest BCUT2D eigenvalue weighted by molar-refractivity contribution is -0.383. The lowest BCUT2D eigenvalue weighted by Gasteiger charge is -2.15. The number of hydrogen-bond acceptors (Lipinski definition) is 11. The lowest BCUT2D eigenvalue weighted by atomic mass is 10.2. The van der Waals surface area contributed by atoms with Gasteiger partial charge in [-0.3, -0.25) is 14.9 Å². The first-order valence-corrected chi connectivity index (χ1v) is 12.8. The van der Waals surface area contributed by atoms with E-state index in [1.165, 1.54) is 11.0 Å². The van der Waals surface area contributed by atoms with Gasteiger partial charge in [0.2, 0.25) is 0 Å². The van der Waals surface area contributed by atoms with E-state index in [2.05, 4.69) is 15.2 Å². The molecule has 176 valence electrons. The second kappa shape index (κ2) is 8.73. The molecule has 0 saturated heterocycles. The normalized spacial score (nSPS) is 11.6. The largest absolute Gasteiger partial charge is 0.344 e. The summed E-state index contributed by atoms with van der Waals surface area (Å²) in [5, 5.41) is 20.1. The maximum atomic E-state index is 14.0. The van der Waals surface area contributed by atoms with Crippen molar-refractivity contribution in [2.75, 3.05) is 18.2 Å². The number of aromatic nitrogens is 3. The number of nitrogens with zero attached hydrogens (tertiary/aromatic N) is 5. The van der Waals surface area contributed by atoms with Crippen LogP contribution in [0.3, 0.4) is 0 Å². The van der Waals surface area contributed by atoms with Crippen molar-refractivity contribution in [1.29, 1.82) is 0 Å². The van der Waals surface area contributed by atoms with E-state index in [9.17, 15) is 32.1 Å². The van der Waals surface area contributed by atoms with Gasteiger partial charge < -0.3 is 4.90 Å². The Morgan fingerprint density at radius 3 is 2.53 bits per heavy atom. The van der Waals surface area contributed by atoms with Crippen molar-refractivity contribution in [3.05, 3.63) is 67.4 Å². The quantitative estimate of drug-likeness (QED) is 0.274. The van der Waals surface area contributed by atoms with Crippen LogP contribution in [0.2, 0.25) is 0 Å². The Morgan fingerprint density at radius 1 is 1.15 bits per heavy atom. The summed E-state index contributed by atoms with van der Waals surface area (Å²) in [5.41, 5.74) is -1.27. The van der Waals surface area contributed by atoms with E-state index in [0.717, 1.165) is 53.2 Å². The molecule has 0 fully saturated rings. The van der Waals surface area contributed by atoms with Crippen molar-refractivity contribution in [2.45, 2.75) is 11.4 Å². The molecular formula is C19H13F2N5O5S3. The zero-order valence-electron chi connectivity index (χ0n) is 17.4. The molecule has 0 atom stereocenters. The molecule has 0 saturated carbocycles. The summed E-state index contributed by atoms with van der Waals surface area (Å²) in [6.07, 6.45) is 0.884. The third-order valence-electron chi connectivity index (χ3n) is 4.62. The van der Waals surface area contributed by atoms with Gasteiger partial charge in [-0.1, -0.05) is 22.7 Å². The number of rotatable bonds is 6. The molecule has 0 bridgehead atoms. The molecule has 2 heterocycles. The van der Waals surface area contributed by atoms with Crippen molar-refractivity contribution in [3.63, 3.8) is 0 Å². The highest BCUT2D eigenvalue weighted by atomic mass is 32.2. The highest BCUT2D eigenvalue weighted by Gasteiger charge is 2.23. The smallest absolute Gasteiger partial charge is 0.288 e. The molecule has 2 aromatic heterocycles. The van der Waals surface area contributed by atoms with E-state index in [-0.39, 0.29) is 37.2 Å². The molecule has 0 radical (unpaired) electrons. The number of benzene rings is 2. The van der Waals surface area contributed by atoms with E-state index in [1.54, 1.807) is 7.05 Å². The van der Waals surface area contributed by atoms with Crippen molar-refractivity contribution < 1.29 is 22.1 Å². The minimum Gasteiger partial charge on any atom is -0.344 e. The van der Waals surface area contributed by atoms with Crippen LogP contribution in [0.25, 0.3) is 20.7 Å². The fourth-order valence-electron chi connectivity index (χ4n) is 2.99. The molecule has 2 aromatic carbocycles. The van der Waals surface area contributed by atoms with Crippen molar-refractivity contribution >= 4 is 53.4 Å². The van der Waals surface area contributed by atoms with Gasteiger partial charge in [-0.2, -0.15) is 4.98 Å². The van der Waals surface area contributed by atoms with Crippen LogP contribution in [0.4, 0.5) is 19.6 Å². The van der Waals surface area contributed by atoms with Gasteiger partial charge in [0, 0.05) is 31.0 Å². The topological polar surface area (TPSA) is 136 Å². The van der Waals surface area contributed by atoms with Gasteiger partial charge in [-0.05, 0) is 18.2 Å². The number of anilines is 1. The molecule has 0 amide bonds. The van der Waals surface area contributed by atoms with Gasteiger partial charge in [0.05, 0.1) is 21.7 Å². The molecule has 0 N–H and O–H groups in total. The third-order valence-corrected chi connectivity index (χ3v) is 7.87. The zero-order chi connectivity index (χ0) is 24.8. The highest BCUT2D eigenvalue weighted by molar-refractivity contribution is 7.90. The second-order valence-electron chi connectivity index (χ2n) is 7.13. The number of halogens is 2. The van der Waals surface area contributed by atoms with E-state index in [4.69, 9.17) is 0 Å². The highest BCUT2D eigenvalue weighted by Crippen LogP contribution is 2.34. The second-order valence-corrected chi connectivity index (χ2v) is 11.2. The monoisotopic (exact) mass is 525 g/mol. The van der Waals surface area contributed by atoms with Crippen molar-refractivity contribution in [3.8, 4) is 10.6 Å². The molecule has 0 aliphatic rings. The number of nitro benzene ring substituents is 1. The van der Waals surface area contributed by atoms with Crippen LogP contribution in [0, 0.1) is 21.7 Å². The van der Waals surface area contributed by atoms with Gasteiger partial charge in [-0.25, -0.2) is 17.2 Å². The molecule has 0 spiro atoms. The first-order valence-electron chi connectivity index (χ1n) is 9.26. The van der Waals surface area contributed by atoms with E-state index in [1.807, 2.05) is 0 Å². The lowest BCUT2D eigenvalue weighted by Crippen LogP contribution is -2.20. The Kier molecular flexibility index (Phi) is 6.09. The van der Waals surface area contributed by atoms with Gasteiger partial charge >= 0.3 is 0 Å². The summed E-state index contributed by atoms with van der Waals surface area (Å²) in [6, 6.07) is 5.07. The van der Waals surface area contributed by atoms with Crippen LogP contribution >= 0.6 is 22.7 Å². The Bertz CT molecular complexity index is 1620. The Morgan fingerprint density at radius 2 is 1.88 bits per heavy atom. The maximum absolute atomic E-state index is 14.0. The predicted molar refractivity (Wildman–Crippen MR) is 123 cm³/mol. The van der Waals surface area contributed by atoms with Gasteiger partial charge in [0.15, 0.2) is 20.0 Å². The summed E-state index contributed by atoms with van der Waals surface area (Å²) in [4.78, 5) is 28.5. The van der Waals surface area contributed by atoms with Crippen LogP contribution < -0.4 is 10.5 Å². The van der Waals surface area contributed by atoms with Crippen LogP contribution in [-0.2, 0) is 16.4 Å². The maximum Gasteiger partial charge on any atom is 0.288 e. The summed E-state index contributed by atoms with van der Waals surface area (Å²) in [7, 11) is -2.23. The molecule has 4 aromatic rings. The standard InChI is InChI=1S/C19H13F2N5O5S3/c1-25(8-15-23-24-18(32-15)11-4-3-9(20)5-13(11)21)19-22-17(27)12-6-10(34(2,30)31)7-14(26(28)29)16(12)33-19/h3-7H,8H2,1-2H3. The summed E-state index contributed by atoms with van der Waals surface area (Å²) >= 11 is 1.89.